The normalized spacial score (nSPS) is 14.6. The van der Waals surface area contributed by atoms with Crippen LogP contribution in [0.15, 0.2) is 24.3 Å². The van der Waals surface area contributed by atoms with Gasteiger partial charge in [-0.2, -0.15) is 8.78 Å². The van der Waals surface area contributed by atoms with Gasteiger partial charge in [-0.15, -0.1) is 0 Å². The van der Waals surface area contributed by atoms with Crippen molar-refractivity contribution in [3.05, 3.63) is 34.4 Å². The molecule has 8 heteroatoms. The SMILES string of the molecule is O=[N+]([O-])c1cccc(OC(F)([18F])C(Cl)Cl)c1. The highest BCUT2D eigenvalue weighted by Crippen LogP contribution is 2.31. The first-order valence-corrected chi connectivity index (χ1v) is 4.79. The predicted molar refractivity (Wildman–Crippen MR) is 54.2 cm³/mol. The lowest BCUT2D eigenvalue weighted by molar-refractivity contribution is -0.385. The number of alkyl halides is 4. The molecule has 16 heavy (non-hydrogen) atoms. The van der Waals surface area contributed by atoms with Crippen LogP contribution < -0.4 is 4.74 Å². The Morgan fingerprint density at radius 1 is 1.44 bits per heavy atom. The molecule has 0 spiro atoms. The van der Waals surface area contributed by atoms with Crippen LogP contribution in [-0.4, -0.2) is 15.9 Å². The lowest BCUT2D eigenvalue weighted by Crippen LogP contribution is -2.32. The molecule has 0 aliphatic rings. The third-order valence-corrected chi connectivity index (χ3v) is 2.04. The van der Waals surface area contributed by atoms with E-state index in [0.29, 0.717) is 0 Å². The molecule has 4 nitrogen and oxygen atoms in total. The Balaban J connectivity index is 2.90. The average molecular weight is 271 g/mol. The van der Waals surface area contributed by atoms with Crippen LogP contribution in [0.4, 0.5) is 14.5 Å². The maximum absolute atomic E-state index is 12.9. The molecule has 1 rings (SSSR count). The van der Waals surface area contributed by atoms with E-state index in [9.17, 15) is 18.9 Å². The highest BCUT2D eigenvalue weighted by Gasteiger charge is 2.40. The summed E-state index contributed by atoms with van der Waals surface area (Å²) in [5.74, 6) is -0.384. The molecule has 1 unspecified atom stereocenters. The zero-order valence-electron chi connectivity index (χ0n) is 7.57. The number of non-ortho nitro benzene ring substituents is 1. The van der Waals surface area contributed by atoms with E-state index in [1.807, 2.05) is 0 Å². The number of benzene rings is 1. The molecule has 0 aliphatic heterocycles. The summed E-state index contributed by atoms with van der Waals surface area (Å²) in [5, 5.41) is 10.4. The first kappa shape index (κ1) is 12.9. The second-order valence-corrected chi connectivity index (χ2v) is 3.82. The Kier molecular flexibility index (Phi) is 3.88. The fraction of sp³-hybridized carbons (Fsp3) is 0.250. The molecule has 0 aliphatic carbocycles. The summed E-state index contributed by atoms with van der Waals surface area (Å²) < 4.78 is 30.0. The highest BCUT2D eigenvalue weighted by molar-refractivity contribution is 6.44. The van der Waals surface area contributed by atoms with Gasteiger partial charge in [0, 0.05) is 6.07 Å². The molecule has 0 radical (unpaired) electrons. The monoisotopic (exact) mass is 270 g/mol. The second kappa shape index (κ2) is 4.80. The average Bonchev–Trinajstić information content (AvgIpc) is 2.17. The molecule has 0 saturated carbocycles. The summed E-state index contributed by atoms with van der Waals surface area (Å²) >= 11 is 9.96. The highest BCUT2D eigenvalue weighted by atomic mass is 35.5. The number of nitro groups is 1. The number of hydrogen-bond acceptors (Lipinski definition) is 3. The molecule has 1 aromatic rings. The van der Waals surface area contributed by atoms with Crippen LogP contribution in [0.2, 0.25) is 0 Å². The summed E-state index contributed by atoms with van der Waals surface area (Å²) in [7, 11) is 0. The van der Waals surface area contributed by atoms with Crippen LogP contribution in [0.5, 0.6) is 5.75 Å². The molecule has 0 saturated heterocycles. The van der Waals surface area contributed by atoms with Gasteiger partial charge in [-0.25, -0.2) is 0 Å². The zero-order valence-corrected chi connectivity index (χ0v) is 9.08. The van der Waals surface area contributed by atoms with E-state index >= 15 is 0 Å². The molecule has 1 atom stereocenters. The molecule has 0 bridgehead atoms. The van der Waals surface area contributed by atoms with E-state index in [1.165, 1.54) is 6.07 Å². The van der Waals surface area contributed by atoms with Gasteiger partial charge in [0.15, 0.2) is 0 Å². The van der Waals surface area contributed by atoms with Crippen molar-refractivity contribution in [3.8, 4) is 5.75 Å². The number of rotatable bonds is 4. The quantitative estimate of drug-likeness (QED) is 0.479. The summed E-state index contributed by atoms with van der Waals surface area (Å²) in [5.41, 5.74) is -0.367. The summed E-state index contributed by atoms with van der Waals surface area (Å²) in [6.07, 6.45) is -3.81. The Bertz CT molecular complexity index is 401. The Hall–Kier alpha value is -1.14. The summed E-state index contributed by atoms with van der Waals surface area (Å²) in [4.78, 5) is 7.57. The van der Waals surface area contributed by atoms with Gasteiger partial charge in [-0.3, -0.25) is 10.1 Å². The molecule has 0 amide bonds. The van der Waals surface area contributed by atoms with Gasteiger partial charge in [0.05, 0.1) is 11.0 Å². The van der Waals surface area contributed by atoms with Crippen molar-refractivity contribution < 1.29 is 18.4 Å². The van der Waals surface area contributed by atoms with Crippen molar-refractivity contribution in [2.24, 2.45) is 0 Å². The fourth-order valence-electron chi connectivity index (χ4n) is 0.862. The number of nitro benzene ring substituents is 1. The van der Waals surface area contributed by atoms with E-state index in [4.69, 9.17) is 23.2 Å². The minimum absolute atomic E-state index is 0.367. The number of hydrogen-bond donors (Lipinski definition) is 0. The molecular formula is C8H5Cl2F2NO3. The Labute approximate surface area is 98.9 Å². The third kappa shape index (κ3) is 3.18. The van der Waals surface area contributed by atoms with Crippen molar-refractivity contribution in [1.82, 2.24) is 0 Å². The van der Waals surface area contributed by atoms with E-state index < -0.39 is 15.9 Å². The van der Waals surface area contributed by atoms with Gasteiger partial charge < -0.3 is 4.74 Å². The minimum atomic E-state index is -3.81. The smallest absolute Gasteiger partial charge is 0.428 e. The first-order chi connectivity index (χ1) is 7.33. The van der Waals surface area contributed by atoms with Gasteiger partial charge in [-0.05, 0) is 6.07 Å². The molecule has 1 aromatic carbocycles. The molecule has 0 heterocycles. The standard InChI is InChI=1S/C8H5Cl2F2NO3/c9-7(10)8(11,12)16-6-3-1-2-5(4-6)13(14)15/h1-4,7H/i11-1. The number of ether oxygens (including phenoxy) is 1. The van der Waals surface area contributed by atoms with E-state index in [2.05, 4.69) is 4.74 Å². The predicted octanol–water partition coefficient (Wildman–Crippen LogP) is 3.37. The summed E-state index contributed by atoms with van der Waals surface area (Å²) in [6, 6.07) is 4.34. The molecule has 0 aromatic heterocycles. The zero-order chi connectivity index (χ0) is 12.3. The maximum Gasteiger partial charge on any atom is 0.428 e. The van der Waals surface area contributed by atoms with E-state index in [1.54, 1.807) is 0 Å². The van der Waals surface area contributed by atoms with E-state index in [0.717, 1.165) is 18.2 Å². The molecular weight excluding hydrogens is 266 g/mol. The van der Waals surface area contributed by atoms with Crippen molar-refractivity contribution >= 4 is 28.9 Å². The van der Waals surface area contributed by atoms with Crippen molar-refractivity contribution in [2.75, 3.05) is 0 Å². The van der Waals surface area contributed by atoms with Crippen molar-refractivity contribution in [2.45, 2.75) is 10.9 Å². The Morgan fingerprint density at radius 2 is 2.06 bits per heavy atom. The molecule has 88 valence electrons. The second-order valence-electron chi connectivity index (χ2n) is 2.72. The van der Waals surface area contributed by atoms with Crippen LogP contribution in [0.3, 0.4) is 0 Å². The van der Waals surface area contributed by atoms with Crippen molar-refractivity contribution in [3.63, 3.8) is 0 Å². The van der Waals surface area contributed by atoms with E-state index in [-0.39, 0.29) is 11.4 Å². The number of halogens is 4. The topological polar surface area (TPSA) is 52.4 Å². The first-order valence-electron chi connectivity index (χ1n) is 3.92. The largest absolute Gasteiger partial charge is 0.430 e. The minimum Gasteiger partial charge on any atom is -0.430 e. The van der Waals surface area contributed by atoms with Gasteiger partial charge in [0.25, 0.3) is 5.69 Å². The fourth-order valence-corrected chi connectivity index (χ4v) is 0.951. The van der Waals surface area contributed by atoms with Gasteiger partial charge >= 0.3 is 6.11 Å². The third-order valence-electron chi connectivity index (χ3n) is 1.54. The maximum atomic E-state index is 12.9. The van der Waals surface area contributed by atoms with Crippen LogP contribution in [0.1, 0.15) is 0 Å². The van der Waals surface area contributed by atoms with Gasteiger partial charge in [0.2, 0.25) is 4.84 Å². The lowest BCUT2D eigenvalue weighted by Gasteiger charge is -2.18. The van der Waals surface area contributed by atoms with Gasteiger partial charge in [0.1, 0.15) is 5.75 Å². The van der Waals surface area contributed by atoms with Crippen molar-refractivity contribution in [1.29, 1.82) is 0 Å². The number of nitrogens with zero attached hydrogens (tertiary/aromatic N) is 1. The Morgan fingerprint density at radius 3 is 2.56 bits per heavy atom. The molecule has 0 N–H and O–H groups in total. The van der Waals surface area contributed by atoms with Crippen LogP contribution >= 0.6 is 23.2 Å². The van der Waals surface area contributed by atoms with Gasteiger partial charge in [-0.1, -0.05) is 29.3 Å². The lowest BCUT2D eigenvalue weighted by atomic mass is 10.3. The summed E-state index contributed by atoms with van der Waals surface area (Å²) in [6.45, 7) is 0. The van der Waals surface area contributed by atoms with Crippen LogP contribution in [0.25, 0.3) is 0 Å². The molecule has 0 fully saturated rings. The van der Waals surface area contributed by atoms with Crippen LogP contribution in [0, 0.1) is 10.1 Å². The van der Waals surface area contributed by atoms with Crippen LogP contribution in [-0.2, 0) is 0 Å².